The van der Waals surface area contributed by atoms with Crippen LogP contribution >= 0.6 is 12.4 Å². The second kappa shape index (κ2) is 6.35. The third-order valence-electron chi connectivity index (χ3n) is 2.74. The lowest BCUT2D eigenvalue weighted by molar-refractivity contribution is 0.552. The van der Waals surface area contributed by atoms with Gasteiger partial charge in [0.1, 0.15) is 0 Å². The van der Waals surface area contributed by atoms with Crippen molar-refractivity contribution in [3.8, 4) is 0 Å². The standard InChI is InChI=1S/C11H16N2O2S.ClH/c14-16(15,11-6-2-1-3-7-11)13-9-10-5-4-8-12-10;/h1-3,6-7,10,12-13H,4-5,8-9H2;1H. The summed E-state index contributed by atoms with van der Waals surface area (Å²) in [6, 6.07) is 8.73. The van der Waals surface area contributed by atoms with Crippen LogP contribution in [0, 0.1) is 0 Å². The molecule has 1 heterocycles. The Morgan fingerprint density at radius 3 is 2.59 bits per heavy atom. The fraction of sp³-hybridized carbons (Fsp3) is 0.455. The van der Waals surface area contributed by atoms with Gasteiger partial charge in [-0.1, -0.05) is 18.2 Å². The molecule has 0 spiro atoms. The normalized spacial score (nSPS) is 19.9. The van der Waals surface area contributed by atoms with E-state index in [2.05, 4.69) is 10.0 Å². The van der Waals surface area contributed by atoms with Crippen LogP contribution in [-0.4, -0.2) is 27.5 Å². The highest BCUT2D eigenvalue weighted by Gasteiger charge is 2.18. The summed E-state index contributed by atoms with van der Waals surface area (Å²) in [6.45, 7) is 1.45. The molecule has 96 valence electrons. The molecule has 2 rings (SSSR count). The van der Waals surface area contributed by atoms with Crippen LogP contribution in [0.5, 0.6) is 0 Å². The van der Waals surface area contributed by atoms with Crippen LogP contribution in [0.3, 0.4) is 0 Å². The van der Waals surface area contributed by atoms with E-state index < -0.39 is 10.0 Å². The highest BCUT2D eigenvalue weighted by molar-refractivity contribution is 7.89. The Hall–Kier alpha value is -0.620. The molecule has 6 heteroatoms. The van der Waals surface area contributed by atoms with Gasteiger partial charge in [0.15, 0.2) is 0 Å². The van der Waals surface area contributed by atoms with E-state index in [9.17, 15) is 8.42 Å². The summed E-state index contributed by atoms with van der Waals surface area (Å²) >= 11 is 0. The smallest absolute Gasteiger partial charge is 0.240 e. The van der Waals surface area contributed by atoms with Crippen molar-refractivity contribution in [2.75, 3.05) is 13.1 Å². The minimum Gasteiger partial charge on any atom is -0.313 e. The van der Waals surface area contributed by atoms with Gasteiger partial charge in [0.25, 0.3) is 0 Å². The van der Waals surface area contributed by atoms with Crippen LogP contribution in [0.2, 0.25) is 0 Å². The van der Waals surface area contributed by atoms with Gasteiger partial charge in [-0.2, -0.15) is 0 Å². The number of benzene rings is 1. The Morgan fingerprint density at radius 1 is 1.29 bits per heavy atom. The van der Waals surface area contributed by atoms with Gasteiger partial charge in [0.2, 0.25) is 10.0 Å². The zero-order chi connectivity index (χ0) is 11.4. The highest BCUT2D eigenvalue weighted by Crippen LogP contribution is 2.08. The first kappa shape index (κ1) is 14.4. The van der Waals surface area contributed by atoms with Crippen molar-refractivity contribution < 1.29 is 8.42 Å². The maximum Gasteiger partial charge on any atom is 0.240 e. The summed E-state index contributed by atoms with van der Waals surface area (Å²) in [5.74, 6) is 0. The van der Waals surface area contributed by atoms with E-state index in [0.717, 1.165) is 19.4 Å². The SMILES string of the molecule is Cl.O=S(=O)(NCC1CCCN1)c1ccccc1. The van der Waals surface area contributed by atoms with Crippen molar-refractivity contribution in [2.45, 2.75) is 23.8 Å². The molecule has 4 nitrogen and oxygen atoms in total. The minimum atomic E-state index is -3.34. The molecule has 0 amide bonds. The molecule has 1 atom stereocenters. The van der Waals surface area contributed by atoms with E-state index in [0.29, 0.717) is 11.4 Å². The Bertz CT molecular complexity index is 430. The van der Waals surface area contributed by atoms with E-state index in [4.69, 9.17) is 0 Å². The van der Waals surface area contributed by atoms with Crippen molar-refractivity contribution >= 4 is 22.4 Å². The second-order valence-corrected chi connectivity index (χ2v) is 5.73. The van der Waals surface area contributed by atoms with E-state index in [1.807, 2.05) is 0 Å². The summed E-state index contributed by atoms with van der Waals surface area (Å²) in [5.41, 5.74) is 0. The van der Waals surface area contributed by atoms with Crippen molar-refractivity contribution in [1.29, 1.82) is 0 Å². The summed E-state index contributed by atoms with van der Waals surface area (Å²) in [6.07, 6.45) is 2.16. The molecule has 1 unspecified atom stereocenters. The molecule has 0 radical (unpaired) electrons. The maximum atomic E-state index is 11.8. The van der Waals surface area contributed by atoms with Gasteiger partial charge in [-0.25, -0.2) is 13.1 Å². The van der Waals surface area contributed by atoms with Gasteiger partial charge in [0, 0.05) is 12.6 Å². The molecular weight excluding hydrogens is 260 g/mol. The Morgan fingerprint density at radius 2 is 2.00 bits per heavy atom. The second-order valence-electron chi connectivity index (χ2n) is 3.96. The minimum absolute atomic E-state index is 0. The predicted molar refractivity (Wildman–Crippen MR) is 69.9 cm³/mol. The molecule has 0 bridgehead atoms. The Kier molecular flexibility index (Phi) is 5.39. The van der Waals surface area contributed by atoms with E-state index in [1.165, 1.54) is 0 Å². The highest BCUT2D eigenvalue weighted by atomic mass is 35.5. The Labute approximate surface area is 108 Å². The summed E-state index contributed by atoms with van der Waals surface area (Å²) in [7, 11) is -3.34. The molecule has 0 aromatic heterocycles. The molecule has 0 aliphatic carbocycles. The number of hydrogen-bond acceptors (Lipinski definition) is 3. The lowest BCUT2D eigenvalue weighted by atomic mass is 10.2. The van der Waals surface area contributed by atoms with E-state index in [1.54, 1.807) is 30.3 Å². The van der Waals surface area contributed by atoms with Crippen molar-refractivity contribution in [2.24, 2.45) is 0 Å². The fourth-order valence-corrected chi connectivity index (χ4v) is 2.93. The monoisotopic (exact) mass is 276 g/mol. The van der Waals surface area contributed by atoms with Crippen LogP contribution in [0.4, 0.5) is 0 Å². The molecule has 17 heavy (non-hydrogen) atoms. The molecule has 2 N–H and O–H groups in total. The van der Waals surface area contributed by atoms with Gasteiger partial charge >= 0.3 is 0 Å². The number of nitrogens with one attached hydrogen (secondary N) is 2. The number of rotatable bonds is 4. The van der Waals surface area contributed by atoms with Crippen LogP contribution in [-0.2, 0) is 10.0 Å². The van der Waals surface area contributed by atoms with Crippen molar-refractivity contribution in [1.82, 2.24) is 10.0 Å². The quantitative estimate of drug-likeness (QED) is 0.867. The molecule has 1 saturated heterocycles. The van der Waals surface area contributed by atoms with Crippen LogP contribution in [0.1, 0.15) is 12.8 Å². The average molecular weight is 277 g/mol. The van der Waals surface area contributed by atoms with Gasteiger partial charge < -0.3 is 5.32 Å². The van der Waals surface area contributed by atoms with Gasteiger partial charge in [-0.15, -0.1) is 12.4 Å². The summed E-state index contributed by atoms with van der Waals surface area (Å²) < 4.78 is 26.3. The van der Waals surface area contributed by atoms with Crippen LogP contribution in [0.15, 0.2) is 35.2 Å². The first-order valence-corrected chi connectivity index (χ1v) is 6.95. The lowest BCUT2D eigenvalue weighted by Crippen LogP contribution is -2.37. The molecule has 1 aromatic carbocycles. The third kappa shape index (κ3) is 3.96. The molecule has 0 saturated carbocycles. The van der Waals surface area contributed by atoms with Crippen molar-refractivity contribution in [3.63, 3.8) is 0 Å². The number of sulfonamides is 1. The van der Waals surface area contributed by atoms with E-state index in [-0.39, 0.29) is 18.4 Å². The topological polar surface area (TPSA) is 58.2 Å². The van der Waals surface area contributed by atoms with Gasteiger partial charge in [-0.3, -0.25) is 0 Å². The first-order chi connectivity index (χ1) is 7.68. The zero-order valence-corrected chi connectivity index (χ0v) is 11.1. The largest absolute Gasteiger partial charge is 0.313 e. The molecule has 1 fully saturated rings. The molecule has 1 aromatic rings. The number of halogens is 1. The third-order valence-corrected chi connectivity index (χ3v) is 4.18. The molecule has 1 aliphatic heterocycles. The van der Waals surface area contributed by atoms with Gasteiger partial charge in [-0.05, 0) is 31.5 Å². The fourth-order valence-electron chi connectivity index (χ4n) is 1.82. The average Bonchev–Trinajstić information content (AvgIpc) is 2.81. The van der Waals surface area contributed by atoms with Crippen LogP contribution < -0.4 is 10.0 Å². The lowest BCUT2D eigenvalue weighted by Gasteiger charge is -2.11. The predicted octanol–water partition coefficient (Wildman–Crippen LogP) is 1.14. The van der Waals surface area contributed by atoms with Gasteiger partial charge in [0.05, 0.1) is 4.90 Å². The van der Waals surface area contributed by atoms with Crippen molar-refractivity contribution in [3.05, 3.63) is 30.3 Å². The molecular formula is C11H17ClN2O2S. The van der Waals surface area contributed by atoms with E-state index >= 15 is 0 Å². The Balaban J connectivity index is 0.00000144. The maximum absolute atomic E-state index is 11.8. The zero-order valence-electron chi connectivity index (χ0n) is 9.43. The molecule has 1 aliphatic rings. The summed E-state index contributed by atoms with van der Waals surface area (Å²) in [5, 5.41) is 3.25. The first-order valence-electron chi connectivity index (χ1n) is 5.46. The van der Waals surface area contributed by atoms with Crippen LogP contribution in [0.25, 0.3) is 0 Å². The summed E-state index contributed by atoms with van der Waals surface area (Å²) in [4.78, 5) is 0.327. The number of hydrogen-bond donors (Lipinski definition) is 2.